The largest absolute Gasteiger partial charge is 0.497 e. The number of ketones is 3. The van der Waals surface area contributed by atoms with Gasteiger partial charge in [-0.25, -0.2) is 4.79 Å². The van der Waals surface area contributed by atoms with Crippen LogP contribution in [0.2, 0.25) is 0 Å². The van der Waals surface area contributed by atoms with E-state index in [-0.39, 0.29) is 28.0 Å². The highest BCUT2D eigenvalue weighted by atomic mass is 16.7. The molecule has 366 valence electrons. The minimum Gasteiger partial charge on any atom is -0.497 e. The van der Waals surface area contributed by atoms with Crippen LogP contribution >= 0.6 is 0 Å². The van der Waals surface area contributed by atoms with Crippen LogP contribution in [0.15, 0.2) is 96.1 Å². The zero-order valence-electron chi connectivity index (χ0n) is 40.3. The topological polar surface area (TPSA) is 232 Å². The highest BCUT2D eigenvalue weighted by molar-refractivity contribution is 6.33. The lowest BCUT2D eigenvalue weighted by molar-refractivity contribution is -0.160. The summed E-state index contributed by atoms with van der Waals surface area (Å²) in [4.78, 5) is 85.8. The first-order valence-corrected chi connectivity index (χ1v) is 22.3. The smallest absolute Gasteiger partial charge is 0.343 e. The van der Waals surface area contributed by atoms with E-state index in [1.165, 1.54) is 91.5 Å². The normalized spacial score (nSPS) is 28.0. The molecule has 3 aromatic rings. The molecule has 7 rings (SSSR count). The Balaban J connectivity index is 1.57. The lowest BCUT2D eigenvalue weighted by atomic mass is 9.78. The van der Waals surface area contributed by atoms with Crippen LogP contribution in [0.5, 0.6) is 23.0 Å². The summed E-state index contributed by atoms with van der Waals surface area (Å²) in [6.07, 6.45) is 3.09. The number of methoxy groups -OCH3 is 3. The summed E-state index contributed by atoms with van der Waals surface area (Å²) in [5, 5.41) is 28.6. The van der Waals surface area contributed by atoms with Crippen molar-refractivity contribution >= 4 is 40.9 Å². The van der Waals surface area contributed by atoms with Crippen molar-refractivity contribution < 1.29 is 72.1 Å². The van der Waals surface area contributed by atoms with Gasteiger partial charge in [0, 0.05) is 61.5 Å². The van der Waals surface area contributed by atoms with Gasteiger partial charge in [0.25, 0.3) is 11.7 Å². The number of rotatable bonds is 8. The number of Topliss-reactive ketones (excluding diaryl/α,β-unsaturated/α-hetero) is 3. The van der Waals surface area contributed by atoms with Gasteiger partial charge < -0.3 is 54.0 Å². The second-order valence-electron chi connectivity index (χ2n) is 17.5. The average molecular weight is 951 g/mol. The van der Waals surface area contributed by atoms with Gasteiger partial charge in [-0.3, -0.25) is 24.0 Å². The van der Waals surface area contributed by atoms with Gasteiger partial charge in [-0.15, -0.1) is 0 Å². The zero-order chi connectivity index (χ0) is 50.6. The number of amides is 1. The van der Waals surface area contributed by atoms with Gasteiger partial charge in [0.1, 0.15) is 40.5 Å². The van der Waals surface area contributed by atoms with Gasteiger partial charge in [0.15, 0.2) is 0 Å². The SMILES string of the molecule is COc1ccc(NC2=C3NC(=O)/C(C)=C\C=C/[C@H](C)[C@H](O)[C@@H](C)[C@H](O)[C@H](C)[C@H](OC(C)=O)[C@H](C)[C@@H](OC)/C=C\O[C@@]4(C)Oc5c(C)c(OC(=O)c6ccc(OC)cc6)c(c(c5C4=O)C2=O)C3=O)cc1. The van der Waals surface area contributed by atoms with Crippen molar-refractivity contribution in [3.05, 3.63) is 124 Å². The molecule has 3 aliphatic heterocycles. The predicted octanol–water partition coefficient (Wildman–Crippen LogP) is 6.60. The minimum absolute atomic E-state index is 0.0221. The number of carbonyl (C=O) groups is 6. The van der Waals surface area contributed by atoms with Crippen LogP contribution in [0.25, 0.3) is 0 Å². The summed E-state index contributed by atoms with van der Waals surface area (Å²) in [7, 11) is 4.34. The lowest BCUT2D eigenvalue weighted by Crippen LogP contribution is -2.46. The molecule has 1 amide bonds. The van der Waals surface area contributed by atoms with E-state index < -0.39 is 117 Å². The molecule has 0 unspecified atom stereocenters. The van der Waals surface area contributed by atoms with Crippen molar-refractivity contribution in [3.63, 3.8) is 0 Å². The Morgan fingerprint density at radius 3 is 2.00 bits per heavy atom. The third-order valence-corrected chi connectivity index (χ3v) is 12.8. The van der Waals surface area contributed by atoms with Crippen LogP contribution in [-0.4, -0.2) is 96.9 Å². The number of aliphatic hydroxyl groups is 2. The summed E-state index contributed by atoms with van der Waals surface area (Å²) in [5.74, 6) is -9.81. The molecule has 0 spiro atoms. The number of esters is 2. The van der Waals surface area contributed by atoms with E-state index in [1.807, 2.05) is 0 Å². The van der Waals surface area contributed by atoms with Crippen molar-refractivity contribution in [1.29, 1.82) is 0 Å². The Labute approximate surface area is 400 Å². The molecule has 5 bridgehead atoms. The van der Waals surface area contributed by atoms with Crippen molar-refractivity contribution in [2.45, 2.75) is 85.6 Å². The number of aliphatic hydroxyl groups excluding tert-OH is 2. The first-order chi connectivity index (χ1) is 32.7. The highest BCUT2D eigenvalue weighted by Crippen LogP contribution is 2.49. The third kappa shape index (κ3) is 10.4. The standard InChI is InChI=1S/C52H58N2O15/c1-25-13-12-14-26(2)50(61)54-41-40(53-33-17-21-35(64-10)22-18-33)44(58)37-38(45(41)59)47(68-51(62)32-15-19-34(63-9)20-16-32)30(6)48-39(37)49(60)52(8,69-48)66-24-23-36(65-11)27(3)46(67-31(7)55)29(5)43(57)28(4)42(25)56/h12-25,27-29,36,42-43,46,53,56-57H,1-11H3,(H,54,61)/b13-12-,24-23-,26-14-/t25-,27+,28+,29-,36-,42-,43-,46+,52-/m0/s1. The van der Waals surface area contributed by atoms with Crippen LogP contribution in [0, 0.1) is 30.6 Å². The molecular formula is C52H58N2O15. The van der Waals surface area contributed by atoms with Crippen molar-refractivity contribution in [2.75, 3.05) is 26.6 Å². The quantitative estimate of drug-likeness (QED) is 0.138. The van der Waals surface area contributed by atoms with Gasteiger partial charge in [0.2, 0.25) is 11.6 Å². The molecule has 1 aliphatic carbocycles. The summed E-state index contributed by atoms with van der Waals surface area (Å²) in [6.45, 7) is 12.3. The van der Waals surface area contributed by atoms with E-state index >= 15 is 9.59 Å². The fourth-order valence-corrected chi connectivity index (χ4v) is 8.62. The van der Waals surface area contributed by atoms with E-state index in [4.69, 9.17) is 33.2 Å². The lowest BCUT2D eigenvalue weighted by Gasteiger charge is -2.38. The van der Waals surface area contributed by atoms with Crippen LogP contribution in [0.3, 0.4) is 0 Å². The van der Waals surface area contributed by atoms with Crippen LogP contribution < -0.4 is 29.6 Å². The molecule has 17 nitrogen and oxygen atoms in total. The molecule has 69 heavy (non-hydrogen) atoms. The maximum atomic E-state index is 15.3. The summed E-state index contributed by atoms with van der Waals surface area (Å²) < 4.78 is 40.4. The average Bonchev–Trinajstić information content (AvgIpc) is 3.60. The molecule has 0 aromatic heterocycles. The number of allylic oxidation sites excluding steroid dienone is 4. The van der Waals surface area contributed by atoms with E-state index in [2.05, 4.69) is 10.6 Å². The Bertz CT molecular complexity index is 2650. The van der Waals surface area contributed by atoms with Gasteiger partial charge in [0.05, 0.1) is 61.0 Å². The fourth-order valence-electron chi connectivity index (χ4n) is 8.62. The minimum atomic E-state index is -2.20. The Hall–Kier alpha value is -7.08. The summed E-state index contributed by atoms with van der Waals surface area (Å²) in [5.41, 5.74) is -1.91. The molecule has 4 aliphatic rings. The van der Waals surface area contributed by atoms with Crippen LogP contribution in [-0.2, 0) is 23.8 Å². The predicted molar refractivity (Wildman–Crippen MR) is 251 cm³/mol. The first kappa shape index (κ1) is 51.3. The molecule has 3 heterocycles. The molecule has 4 N–H and O–H groups in total. The second kappa shape index (κ2) is 21.1. The van der Waals surface area contributed by atoms with E-state index in [1.54, 1.807) is 58.0 Å². The molecule has 0 saturated heterocycles. The van der Waals surface area contributed by atoms with E-state index in [0.717, 1.165) is 6.26 Å². The zero-order valence-corrected chi connectivity index (χ0v) is 40.3. The number of hydrogen-bond acceptors (Lipinski definition) is 16. The monoisotopic (exact) mass is 950 g/mol. The Morgan fingerprint density at radius 2 is 1.41 bits per heavy atom. The summed E-state index contributed by atoms with van der Waals surface area (Å²) in [6, 6.07) is 12.3. The Kier molecular flexibility index (Phi) is 15.7. The maximum Gasteiger partial charge on any atom is 0.343 e. The van der Waals surface area contributed by atoms with E-state index in [0.29, 0.717) is 17.2 Å². The van der Waals surface area contributed by atoms with Gasteiger partial charge in [-0.1, -0.05) is 45.9 Å². The number of anilines is 1. The molecule has 0 radical (unpaired) electrons. The van der Waals surface area contributed by atoms with Crippen LogP contribution in [0.4, 0.5) is 5.69 Å². The molecular weight excluding hydrogens is 893 g/mol. The Morgan fingerprint density at radius 1 is 0.783 bits per heavy atom. The fraction of sp³-hybridized carbons (Fsp3) is 0.385. The van der Waals surface area contributed by atoms with Crippen molar-refractivity contribution in [2.24, 2.45) is 23.7 Å². The number of carbonyl (C=O) groups excluding carboxylic acids is 6. The second-order valence-corrected chi connectivity index (χ2v) is 17.5. The molecule has 17 heteroatoms. The summed E-state index contributed by atoms with van der Waals surface area (Å²) >= 11 is 0. The van der Waals surface area contributed by atoms with E-state index in [9.17, 15) is 29.4 Å². The highest BCUT2D eigenvalue weighted by Gasteiger charge is 2.53. The third-order valence-electron chi connectivity index (χ3n) is 12.8. The maximum absolute atomic E-state index is 15.3. The number of nitrogens with one attached hydrogen (secondary N) is 2. The first-order valence-electron chi connectivity index (χ1n) is 22.3. The molecule has 3 aromatic carbocycles. The van der Waals surface area contributed by atoms with Crippen molar-refractivity contribution in [1.82, 2.24) is 5.32 Å². The van der Waals surface area contributed by atoms with Gasteiger partial charge >= 0.3 is 17.7 Å². The van der Waals surface area contributed by atoms with Gasteiger partial charge in [-0.2, -0.15) is 0 Å². The number of hydrogen-bond donors (Lipinski definition) is 4. The molecule has 0 saturated carbocycles. The van der Waals surface area contributed by atoms with Gasteiger partial charge in [-0.05, 0) is 68.5 Å². The van der Waals surface area contributed by atoms with Crippen molar-refractivity contribution in [3.8, 4) is 23.0 Å². The molecule has 0 fully saturated rings. The van der Waals surface area contributed by atoms with Crippen LogP contribution in [0.1, 0.15) is 95.5 Å². The number of fused-ring (bicyclic) bond motifs is 14. The molecule has 9 atom stereocenters. The number of ether oxygens (including phenoxy) is 7. The number of benzene rings is 3.